The fourth-order valence-corrected chi connectivity index (χ4v) is 7.43. The van der Waals surface area contributed by atoms with Gasteiger partial charge in [-0.3, -0.25) is 47.9 Å². The van der Waals surface area contributed by atoms with Crippen LogP contribution < -0.4 is 54.4 Å². The normalized spacial score (nSPS) is 18.0. The van der Waals surface area contributed by atoms with Crippen LogP contribution in [0.25, 0.3) is 0 Å². The van der Waals surface area contributed by atoms with Crippen LogP contribution in [0.3, 0.4) is 0 Å². The van der Waals surface area contributed by atoms with E-state index < -0.39 is 138 Å². The van der Waals surface area contributed by atoms with Crippen molar-refractivity contribution in [2.45, 2.75) is 162 Å². The molecule has 14 N–H and O–H groups in total. The number of hydrogen-bond donors (Lipinski definition) is 11. The predicted octanol–water partition coefficient (Wildman–Crippen LogP) is -2.77. The lowest BCUT2D eigenvalue weighted by Crippen LogP contribution is -2.62. The molecule has 1 heterocycles. The summed E-state index contributed by atoms with van der Waals surface area (Å²) in [5.74, 6) is -8.36. The molecule has 1 rings (SSSR count). The van der Waals surface area contributed by atoms with Gasteiger partial charge in [-0.15, -0.1) is 0 Å². The molecule has 1 aliphatic rings. The molecule has 0 aromatic heterocycles. The molecule has 10 atom stereocenters. The van der Waals surface area contributed by atoms with E-state index in [1.54, 1.807) is 41.5 Å². The molecule has 370 valence electrons. The van der Waals surface area contributed by atoms with Gasteiger partial charge in [0, 0.05) is 6.54 Å². The molecule has 0 unspecified atom stereocenters. The number of carbonyl (C=O) groups excluding carboxylic acids is 10. The Morgan fingerprint density at radius 2 is 1.14 bits per heavy atom. The van der Waals surface area contributed by atoms with Gasteiger partial charge in [-0.25, -0.2) is 0 Å². The van der Waals surface area contributed by atoms with E-state index >= 15 is 0 Å². The van der Waals surface area contributed by atoms with Crippen molar-refractivity contribution in [3.63, 3.8) is 0 Å². The number of carbonyl (C=O) groups is 10. The quantitative estimate of drug-likeness (QED) is 0.0398. The van der Waals surface area contributed by atoms with E-state index in [1.165, 1.54) is 30.5 Å². The van der Waals surface area contributed by atoms with Gasteiger partial charge in [0.2, 0.25) is 59.1 Å². The average molecular weight is 942 g/mol. The Morgan fingerprint density at radius 1 is 0.631 bits per heavy atom. The van der Waals surface area contributed by atoms with Crippen LogP contribution in [-0.2, 0) is 47.9 Å². The first-order valence-corrected chi connectivity index (χ1v) is 23.5. The number of nitrogens with zero attached hydrogens (tertiary/aromatic N) is 1. The zero-order valence-electron chi connectivity index (χ0n) is 39.6. The molecule has 0 aromatic carbocycles. The van der Waals surface area contributed by atoms with Crippen molar-refractivity contribution >= 4 is 70.8 Å². The highest BCUT2D eigenvalue weighted by molar-refractivity contribution is 7.98. The van der Waals surface area contributed by atoms with E-state index in [9.17, 15) is 53.1 Å². The number of nitrogens with one attached hydrogen (secondary N) is 7. The number of likely N-dealkylation sites (tertiary alicyclic amines) is 1. The number of thioether (sulfide) groups is 1. The fraction of sp³-hybridized carbons (Fsp3) is 0.762. The Balaban J connectivity index is 3.19. The maximum absolute atomic E-state index is 14.1. The van der Waals surface area contributed by atoms with Gasteiger partial charge in [-0.05, 0) is 75.2 Å². The third kappa shape index (κ3) is 18.8. The Morgan fingerprint density at radius 3 is 1.63 bits per heavy atom. The number of primary amides is 2. The summed E-state index contributed by atoms with van der Waals surface area (Å²) in [4.78, 5) is 133. The molecule has 0 saturated carbocycles. The van der Waals surface area contributed by atoms with E-state index in [0.29, 0.717) is 12.2 Å². The molecule has 1 aliphatic heterocycles. The van der Waals surface area contributed by atoms with Crippen LogP contribution >= 0.6 is 11.8 Å². The number of aliphatic hydroxyl groups is 1. The minimum absolute atomic E-state index is 0.0686. The van der Waals surface area contributed by atoms with Crippen molar-refractivity contribution in [3.8, 4) is 0 Å². The third-order valence-corrected chi connectivity index (χ3v) is 11.4. The monoisotopic (exact) mass is 942 g/mol. The van der Waals surface area contributed by atoms with Crippen LogP contribution in [0, 0.1) is 23.7 Å². The molecule has 0 spiro atoms. The van der Waals surface area contributed by atoms with E-state index in [2.05, 4.69) is 37.2 Å². The minimum Gasteiger partial charge on any atom is -0.391 e. The highest BCUT2D eigenvalue weighted by atomic mass is 32.2. The summed E-state index contributed by atoms with van der Waals surface area (Å²) in [6, 6.07) is -10.7. The number of rotatable bonds is 27. The van der Waals surface area contributed by atoms with Crippen molar-refractivity contribution in [2.24, 2.45) is 40.9 Å². The van der Waals surface area contributed by atoms with Crippen molar-refractivity contribution in [3.05, 3.63) is 0 Å². The molecule has 0 radical (unpaired) electrons. The summed E-state index contributed by atoms with van der Waals surface area (Å²) in [6.07, 6.45) is 1.02. The summed E-state index contributed by atoms with van der Waals surface area (Å²) < 4.78 is 0. The van der Waals surface area contributed by atoms with E-state index in [-0.39, 0.29) is 37.6 Å². The van der Waals surface area contributed by atoms with Gasteiger partial charge in [0.05, 0.1) is 18.6 Å². The lowest BCUT2D eigenvalue weighted by molar-refractivity contribution is -0.143. The molecular formula is C42H75N11O11S. The van der Waals surface area contributed by atoms with Gasteiger partial charge in [0.15, 0.2) is 0 Å². The van der Waals surface area contributed by atoms with E-state index in [4.69, 9.17) is 17.2 Å². The first-order chi connectivity index (χ1) is 30.1. The number of amides is 10. The summed E-state index contributed by atoms with van der Waals surface area (Å²) in [7, 11) is 0. The van der Waals surface area contributed by atoms with Gasteiger partial charge in [-0.1, -0.05) is 55.4 Å². The molecule has 0 bridgehead atoms. The van der Waals surface area contributed by atoms with E-state index in [1.807, 2.05) is 20.1 Å². The second kappa shape index (κ2) is 27.4. The van der Waals surface area contributed by atoms with Gasteiger partial charge in [0.1, 0.15) is 48.3 Å². The van der Waals surface area contributed by atoms with E-state index in [0.717, 1.165) is 0 Å². The molecule has 23 heteroatoms. The maximum Gasteiger partial charge on any atom is 0.246 e. The zero-order chi connectivity index (χ0) is 50.0. The smallest absolute Gasteiger partial charge is 0.246 e. The van der Waals surface area contributed by atoms with Crippen molar-refractivity contribution < 1.29 is 53.1 Å². The standard InChI is InChI=1S/C42H75N11O11S/c1-19(2)17-27(48-36(58)25(43)18-29(44)55)38(60)51-32(22(7)8)42(64)53-15-12-13-28(53)39(61)47-26(14-16-65-11)37(59)50-31(21(5)6)40(62)46-23(9)35(57)52-33(24(10)54)41(63)49-30(20(3)4)34(45)56/h19-28,30-33,54H,12-18,43H2,1-11H3,(H2,44,55)(H2,45,56)(H,46,62)(H,47,61)(H,48,58)(H,49,63)(H,50,59)(H,51,60)(H,52,57)/t23-,24+,25-,26-,27-,28-,30-,31-,32-,33-/m0/s1. The second-order valence-electron chi connectivity index (χ2n) is 18.1. The van der Waals surface area contributed by atoms with Gasteiger partial charge in [-0.2, -0.15) is 11.8 Å². The topological polar surface area (TPSA) is 356 Å². The van der Waals surface area contributed by atoms with Crippen LogP contribution in [-0.4, -0.2) is 148 Å². The average Bonchev–Trinajstić information content (AvgIpc) is 3.70. The lowest BCUT2D eigenvalue weighted by atomic mass is 9.99. The van der Waals surface area contributed by atoms with Crippen LogP contribution in [0.4, 0.5) is 0 Å². The Kier molecular flexibility index (Phi) is 24.5. The Labute approximate surface area is 386 Å². The minimum atomic E-state index is -1.51. The molecule has 22 nitrogen and oxygen atoms in total. The van der Waals surface area contributed by atoms with Crippen LogP contribution in [0.15, 0.2) is 0 Å². The first-order valence-electron chi connectivity index (χ1n) is 22.1. The molecule has 65 heavy (non-hydrogen) atoms. The van der Waals surface area contributed by atoms with Gasteiger partial charge >= 0.3 is 0 Å². The molecular weight excluding hydrogens is 867 g/mol. The van der Waals surface area contributed by atoms with Crippen molar-refractivity contribution in [1.82, 2.24) is 42.1 Å². The number of nitrogens with two attached hydrogens (primary N) is 3. The highest BCUT2D eigenvalue weighted by Gasteiger charge is 2.41. The number of aliphatic hydroxyl groups excluding tert-OH is 1. The predicted molar refractivity (Wildman–Crippen MR) is 244 cm³/mol. The Bertz CT molecular complexity index is 1700. The van der Waals surface area contributed by atoms with Gasteiger partial charge < -0.3 is 64.4 Å². The van der Waals surface area contributed by atoms with Crippen LogP contribution in [0.2, 0.25) is 0 Å². The maximum atomic E-state index is 14.1. The molecule has 10 amide bonds. The molecule has 1 saturated heterocycles. The second-order valence-corrected chi connectivity index (χ2v) is 19.0. The molecule has 1 fully saturated rings. The zero-order valence-corrected chi connectivity index (χ0v) is 40.5. The van der Waals surface area contributed by atoms with Crippen molar-refractivity contribution in [1.29, 1.82) is 0 Å². The van der Waals surface area contributed by atoms with Crippen LogP contribution in [0.1, 0.15) is 101 Å². The van der Waals surface area contributed by atoms with Crippen molar-refractivity contribution in [2.75, 3.05) is 18.6 Å². The summed E-state index contributed by atoms with van der Waals surface area (Å²) in [5.41, 5.74) is 16.4. The largest absolute Gasteiger partial charge is 0.391 e. The summed E-state index contributed by atoms with van der Waals surface area (Å²) in [5, 5.41) is 28.4. The Hall–Kier alpha value is -5.03. The molecule has 0 aliphatic carbocycles. The summed E-state index contributed by atoms with van der Waals surface area (Å²) >= 11 is 1.41. The van der Waals surface area contributed by atoms with Crippen LogP contribution in [0.5, 0.6) is 0 Å². The number of hydrogen-bond acceptors (Lipinski definition) is 13. The fourth-order valence-electron chi connectivity index (χ4n) is 6.96. The molecule has 0 aromatic rings. The summed E-state index contributed by atoms with van der Waals surface area (Å²) in [6.45, 7) is 16.5. The first kappa shape index (κ1) is 58.0. The highest BCUT2D eigenvalue weighted by Crippen LogP contribution is 2.22. The lowest BCUT2D eigenvalue weighted by Gasteiger charge is -2.32. The third-order valence-electron chi connectivity index (χ3n) is 10.7. The van der Waals surface area contributed by atoms with Gasteiger partial charge in [0.25, 0.3) is 0 Å². The SMILES string of the molecule is CSCC[C@H](NC(=O)[C@@H]1CCCN1C(=O)[C@@H](NC(=O)[C@H](CC(C)C)NC(=O)[C@@H](N)CC(N)=O)C(C)C)C(=O)N[C@H](C(=O)N[C@@H](C)C(=O)N[C@H](C(=O)N[C@H](C(N)=O)C(C)C)[C@@H](C)O)C(C)C.